The summed E-state index contributed by atoms with van der Waals surface area (Å²) in [4.78, 5) is 28.6. The summed E-state index contributed by atoms with van der Waals surface area (Å²) in [7, 11) is 3.43. The molecule has 30 heavy (non-hydrogen) atoms. The van der Waals surface area contributed by atoms with Gasteiger partial charge in [-0.25, -0.2) is 9.97 Å². The van der Waals surface area contributed by atoms with Gasteiger partial charge in [-0.1, -0.05) is 12.1 Å². The van der Waals surface area contributed by atoms with E-state index in [-0.39, 0.29) is 11.8 Å². The summed E-state index contributed by atoms with van der Waals surface area (Å²) in [5.41, 5.74) is 2.40. The van der Waals surface area contributed by atoms with Crippen LogP contribution < -0.4 is 10.1 Å². The molecule has 1 N–H and O–H groups in total. The van der Waals surface area contributed by atoms with E-state index in [2.05, 4.69) is 15.3 Å². The molecule has 0 aliphatic carbocycles. The summed E-state index contributed by atoms with van der Waals surface area (Å²) in [6, 6.07) is 13.2. The van der Waals surface area contributed by atoms with Gasteiger partial charge in [0.05, 0.1) is 18.4 Å². The first kappa shape index (κ1) is 19.8. The van der Waals surface area contributed by atoms with Crippen LogP contribution in [0, 0.1) is 0 Å². The molecule has 3 heterocycles. The van der Waals surface area contributed by atoms with Crippen LogP contribution in [-0.2, 0) is 0 Å². The Kier molecular flexibility index (Phi) is 5.88. The fraction of sp³-hybridized carbons (Fsp3) is 0.304. The zero-order valence-corrected chi connectivity index (χ0v) is 17.2. The molecule has 3 aromatic rings. The van der Waals surface area contributed by atoms with Gasteiger partial charge in [0.2, 0.25) is 0 Å². The molecule has 7 heteroatoms. The minimum absolute atomic E-state index is 0.00692. The zero-order valence-electron chi connectivity index (χ0n) is 17.2. The molecule has 7 nitrogen and oxygen atoms in total. The van der Waals surface area contributed by atoms with E-state index in [1.54, 1.807) is 19.5 Å². The second-order valence-electron chi connectivity index (χ2n) is 7.28. The third-order valence-corrected chi connectivity index (χ3v) is 5.39. The largest absolute Gasteiger partial charge is 0.496 e. The van der Waals surface area contributed by atoms with Gasteiger partial charge in [0.15, 0.2) is 5.82 Å². The van der Waals surface area contributed by atoms with Crippen LogP contribution in [-0.4, -0.2) is 53.0 Å². The molecule has 2 aromatic heterocycles. The number of pyridine rings is 1. The number of para-hydroxylation sites is 1. The lowest BCUT2D eigenvalue weighted by Crippen LogP contribution is -2.39. The summed E-state index contributed by atoms with van der Waals surface area (Å²) < 4.78 is 5.38. The number of carbonyl (C=O) groups excluding carboxylic acids is 1. The lowest BCUT2D eigenvalue weighted by atomic mass is 9.93. The number of benzene rings is 1. The Hall–Kier alpha value is -3.48. The van der Waals surface area contributed by atoms with Crippen molar-refractivity contribution in [3.05, 3.63) is 66.1 Å². The lowest BCUT2D eigenvalue weighted by molar-refractivity contribution is 0.0702. The number of amides is 1. The highest BCUT2D eigenvalue weighted by Crippen LogP contribution is 2.30. The van der Waals surface area contributed by atoms with Crippen molar-refractivity contribution in [2.45, 2.75) is 18.8 Å². The molecule has 0 spiro atoms. The Morgan fingerprint density at radius 3 is 2.83 bits per heavy atom. The third kappa shape index (κ3) is 4.10. The average molecular weight is 403 g/mol. The van der Waals surface area contributed by atoms with E-state index in [0.717, 1.165) is 36.5 Å². The summed E-state index contributed by atoms with van der Waals surface area (Å²) in [5, 5.41) is 3.12. The highest BCUT2D eigenvalue weighted by atomic mass is 16.5. The van der Waals surface area contributed by atoms with Crippen LogP contribution in [0.25, 0.3) is 11.4 Å². The van der Waals surface area contributed by atoms with Gasteiger partial charge in [-0.05, 0) is 37.1 Å². The number of hydrogen-bond donors (Lipinski definition) is 1. The molecular weight excluding hydrogens is 378 g/mol. The number of piperidine rings is 1. The van der Waals surface area contributed by atoms with Crippen molar-refractivity contribution in [1.29, 1.82) is 0 Å². The van der Waals surface area contributed by atoms with Crippen LogP contribution in [0.15, 0.2) is 54.9 Å². The average Bonchev–Trinajstić information content (AvgIpc) is 2.83. The normalized spacial score (nSPS) is 16.2. The molecule has 154 valence electrons. The summed E-state index contributed by atoms with van der Waals surface area (Å²) >= 11 is 0. The zero-order chi connectivity index (χ0) is 20.9. The van der Waals surface area contributed by atoms with Gasteiger partial charge in [-0.2, -0.15) is 0 Å². The molecule has 0 saturated carbocycles. The molecule has 1 saturated heterocycles. The molecule has 1 aliphatic heterocycles. The SMILES string of the molecule is CNc1cc([C@@H]2CCCN(C(=O)c3ccccc3OC)C2)nc(-c2cccnc2)n1. The maximum atomic E-state index is 13.2. The van der Waals surface area contributed by atoms with E-state index in [4.69, 9.17) is 9.72 Å². The summed E-state index contributed by atoms with van der Waals surface area (Å²) in [6.07, 6.45) is 5.39. The second kappa shape index (κ2) is 8.90. The summed E-state index contributed by atoms with van der Waals surface area (Å²) in [6.45, 7) is 1.34. The Morgan fingerprint density at radius 2 is 2.07 bits per heavy atom. The Morgan fingerprint density at radius 1 is 1.20 bits per heavy atom. The molecule has 1 aliphatic rings. The molecule has 1 atom stereocenters. The Bertz CT molecular complexity index is 1030. The van der Waals surface area contributed by atoms with Gasteiger partial charge in [-0.3, -0.25) is 9.78 Å². The summed E-state index contributed by atoms with van der Waals surface area (Å²) in [5.74, 6) is 2.13. The van der Waals surface area contributed by atoms with Crippen molar-refractivity contribution in [1.82, 2.24) is 19.9 Å². The smallest absolute Gasteiger partial charge is 0.257 e. The molecule has 1 aromatic carbocycles. The Balaban J connectivity index is 1.61. The van der Waals surface area contributed by atoms with Crippen molar-refractivity contribution in [3.8, 4) is 17.1 Å². The highest BCUT2D eigenvalue weighted by molar-refractivity contribution is 5.97. The van der Waals surface area contributed by atoms with Crippen molar-refractivity contribution in [3.63, 3.8) is 0 Å². The fourth-order valence-corrected chi connectivity index (χ4v) is 3.82. The van der Waals surface area contributed by atoms with Gasteiger partial charge in [-0.15, -0.1) is 0 Å². The number of aromatic nitrogens is 3. The van der Waals surface area contributed by atoms with Crippen molar-refractivity contribution in [2.75, 3.05) is 32.6 Å². The number of anilines is 1. The number of rotatable bonds is 5. The first-order chi connectivity index (χ1) is 14.7. The first-order valence-corrected chi connectivity index (χ1v) is 10.1. The van der Waals surface area contributed by atoms with Crippen LogP contribution in [0.5, 0.6) is 5.75 Å². The number of likely N-dealkylation sites (tertiary alicyclic amines) is 1. The molecule has 1 fully saturated rings. The lowest BCUT2D eigenvalue weighted by Gasteiger charge is -2.33. The van der Waals surface area contributed by atoms with Crippen LogP contribution in [0.4, 0.5) is 5.82 Å². The number of carbonyl (C=O) groups is 1. The quantitative estimate of drug-likeness (QED) is 0.701. The predicted octanol–water partition coefficient (Wildman–Crippen LogP) is 3.61. The molecule has 1 amide bonds. The minimum atomic E-state index is -0.00692. The third-order valence-electron chi connectivity index (χ3n) is 5.39. The maximum absolute atomic E-state index is 13.2. The van der Waals surface area contributed by atoms with Gasteiger partial charge >= 0.3 is 0 Å². The van der Waals surface area contributed by atoms with Crippen molar-refractivity contribution >= 4 is 11.7 Å². The standard InChI is InChI=1S/C23H25N5O2/c1-24-21-13-19(26-22(27-21)16-7-5-11-25-14-16)17-8-6-12-28(15-17)23(29)18-9-3-4-10-20(18)30-2/h3-5,7,9-11,13-14,17H,6,8,12,15H2,1-2H3,(H,24,26,27)/t17-/m1/s1. The van der Waals surface area contributed by atoms with Crippen LogP contribution in [0.2, 0.25) is 0 Å². The van der Waals surface area contributed by atoms with E-state index in [1.165, 1.54) is 0 Å². The van der Waals surface area contributed by atoms with E-state index >= 15 is 0 Å². The van der Waals surface area contributed by atoms with Gasteiger partial charge < -0.3 is 15.0 Å². The van der Waals surface area contributed by atoms with Crippen LogP contribution >= 0.6 is 0 Å². The topological polar surface area (TPSA) is 80.2 Å². The van der Waals surface area contributed by atoms with E-state index in [9.17, 15) is 4.79 Å². The minimum Gasteiger partial charge on any atom is -0.496 e. The number of methoxy groups -OCH3 is 1. The highest BCUT2D eigenvalue weighted by Gasteiger charge is 2.28. The van der Waals surface area contributed by atoms with Crippen molar-refractivity contribution < 1.29 is 9.53 Å². The van der Waals surface area contributed by atoms with Crippen LogP contribution in [0.1, 0.15) is 34.8 Å². The van der Waals surface area contributed by atoms with Crippen LogP contribution in [0.3, 0.4) is 0 Å². The van der Waals surface area contributed by atoms with E-state index in [1.807, 2.05) is 54.4 Å². The molecule has 0 bridgehead atoms. The number of ether oxygens (including phenoxy) is 1. The number of nitrogens with one attached hydrogen (secondary N) is 1. The Labute approximate surface area is 176 Å². The molecule has 0 radical (unpaired) electrons. The maximum Gasteiger partial charge on any atom is 0.257 e. The number of nitrogens with zero attached hydrogens (tertiary/aromatic N) is 4. The molecule has 4 rings (SSSR count). The fourth-order valence-electron chi connectivity index (χ4n) is 3.82. The first-order valence-electron chi connectivity index (χ1n) is 10.1. The van der Waals surface area contributed by atoms with Gasteiger partial charge in [0.25, 0.3) is 5.91 Å². The van der Waals surface area contributed by atoms with E-state index in [0.29, 0.717) is 23.7 Å². The number of hydrogen-bond acceptors (Lipinski definition) is 6. The van der Waals surface area contributed by atoms with Gasteiger partial charge in [0, 0.05) is 50.1 Å². The van der Waals surface area contributed by atoms with Gasteiger partial charge in [0.1, 0.15) is 11.6 Å². The molecule has 0 unspecified atom stereocenters. The molecular formula is C23H25N5O2. The van der Waals surface area contributed by atoms with Crippen molar-refractivity contribution in [2.24, 2.45) is 0 Å². The second-order valence-corrected chi connectivity index (χ2v) is 7.28. The predicted molar refractivity (Wildman–Crippen MR) is 116 cm³/mol. The monoisotopic (exact) mass is 403 g/mol. The van der Waals surface area contributed by atoms with E-state index < -0.39 is 0 Å².